The van der Waals surface area contributed by atoms with Crippen LogP contribution in [0.25, 0.3) is 11.8 Å². The highest BCUT2D eigenvalue weighted by Crippen LogP contribution is 2.37. The van der Waals surface area contributed by atoms with Crippen molar-refractivity contribution in [1.82, 2.24) is 4.57 Å². The second-order valence-corrected chi connectivity index (χ2v) is 11.2. The lowest BCUT2D eigenvalue weighted by atomic mass is 9.93. The second-order valence-electron chi connectivity index (χ2n) is 8.94. The number of halogens is 1. The second kappa shape index (κ2) is 12.4. The van der Waals surface area contributed by atoms with E-state index in [4.69, 9.17) is 30.8 Å². The number of nitrogens with zero attached hydrogens (tertiary/aromatic N) is 2. The molecule has 0 bridgehead atoms. The maximum absolute atomic E-state index is 14.1. The van der Waals surface area contributed by atoms with Crippen molar-refractivity contribution in [3.05, 3.63) is 114 Å². The van der Waals surface area contributed by atoms with E-state index in [-0.39, 0.29) is 12.2 Å². The lowest BCUT2D eigenvalue weighted by molar-refractivity contribution is -0.138. The van der Waals surface area contributed by atoms with E-state index in [0.29, 0.717) is 42.7 Å². The van der Waals surface area contributed by atoms with Crippen LogP contribution in [0.1, 0.15) is 29.7 Å². The van der Waals surface area contributed by atoms with Crippen molar-refractivity contribution in [2.75, 3.05) is 27.1 Å². The molecule has 10 heteroatoms. The first-order valence-electron chi connectivity index (χ1n) is 12.7. The highest BCUT2D eigenvalue weighted by molar-refractivity contribution is 7.98. The number of hydrogen-bond donors (Lipinski definition) is 0. The van der Waals surface area contributed by atoms with E-state index >= 15 is 0 Å². The summed E-state index contributed by atoms with van der Waals surface area (Å²) in [5.74, 6) is 0.338. The molecule has 0 spiro atoms. The Balaban J connectivity index is 1.80. The molecule has 0 aliphatic carbocycles. The number of carbonyl (C=O) groups is 1. The first-order valence-corrected chi connectivity index (χ1v) is 15.2. The molecule has 3 aromatic carbocycles. The summed E-state index contributed by atoms with van der Waals surface area (Å²) in [5, 5.41) is 0.355. The molecule has 0 N–H and O–H groups in total. The van der Waals surface area contributed by atoms with Gasteiger partial charge in [-0.3, -0.25) is 9.36 Å². The van der Waals surface area contributed by atoms with Crippen molar-refractivity contribution in [2.45, 2.75) is 17.9 Å². The zero-order chi connectivity index (χ0) is 29.1. The third-order valence-corrected chi connectivity index (χ3v) is 8.57. The molecule has 5 rings (SSSR count). The van der Waals surface area contributed by atoms with Crippen LogP contribution < -0.4 is 24.4 Å². The van der Waals surface area contributed by atoms with Gasteiger partial charge < -0.3 is 14.2 Å². The third-order valence-electron chi connectivity index (χ3n) is 6.56. The number of ether oxygens (including phenoxy) is 3. The number of thiazole rings is 1. The number of thioether (sulfide) groups is 1. The molecule has 7 nitrogen and oxygen atoms in total. The Kier molecular flexibility index (Phi) is 8.68. The first kappa shape index (κ1) is 28.7. The molecular formula is C31H27ClN2O5S2. The van der Waals surface area contributed by atoms with Crippen LogP contribution in [0.2, 0.25) is 5.02 Å². The van der Waals surface area contributed by atoms with Crippen molar-refractivity contribution in [3.8, 4) is 11.5 Å². The zero-order valence-corrected chi connectivity index (χ0v) is 25.2. The average Bonchev–Trinajstić information content (AvgIpc) is 3.30. The van der Waals surface area contributed by atoms with Crippen LogP contribution in [0.5, 0.6) is 11.5 Å². The molecule has 1 atom stereocenters. The first-order chi connectivity index (χ1) is 19.9. The molecule has 0 saturated carbocycles. The summed E-state index contributed by atoms with van der Waals surface area (Å²) in [6.07, 6.45) is 3.73. The quantitative estimate of drug-likeness (QED) is 0.199. The lowest BCUT2D eigenvalue weighted by Gasteiger charge is -2.26. The molecule has 1 aliphatic rings. The van der Waals surface area contributed by atoms with Gasteiger partial charge in [0.1, 0.15) is 0 Å². The number of methoxy groups -OCH3 is 2. The van der Waals surface area contributed by atoms with Gasteiger partial charge in [-0.2, -0.15) is 0 Å². The summed E-state index contributed by atoms with van der Waals surface area (Å²) in [5.41, 5.74) is 2.69. The average molecular weight is 607 g/mol. The van der Waals surface area contributed by atoms with Crippen LogP contribution in [0.3, 0.4) is 0 Å². The third kappa shape index (κ3) is 5.57. The topological polar surface area (TPSA) is 79.1 Å². The fourth-order valence-corrected chi connectivity index (χ4v) is 6.42. The van der Waals surface area contributed by atoms with Crippen molar-refractivity contribution < 1.29 is 19.0 Å². The van der Waals surface area contributed by atoms with Gasteiger partial charge in [0.15, 0.2) is 16.3 Å². The van der Waals surface area contributed by atoms with Crippen molar-refractivity contribution in [1.29, 1.82) is 0 Å². The molecule has 4 aromatic rings. The van der Waals surface area contributed by atoms with Crippen LogP contribution in [-0.2, 0) is 9.53 Å². The number of rotatable bonds is 8. The van der Waals surface area contributed by atoms with E-state index < -0.39 is 12.0 Å². The number of hydrogen-bond acceptors (Lipinski definition) is 8. The van der Waals surface area contributed by atoms with E-state index in [9.17, 15) is 9.59 Å². The van der Waals surface area contributed by atoms with Crippen LogP contribution >= 0.6 is 34.7 Å². The van der Waals surface area contributed by atoms with Gasteiger partial charge in [0.25, 0.3) is 5.56 Å². The van der Waals surface area contributed by atoms with E-state index in [2.05, 4.69) is 0 Å². The standard InChI is InChI=1S/C31H27ClN2O5S2/c1-5-39-30(36)25-26(19-9-7-6-8-10-19)33-31-34(27(25)20-11-13-21(40-4)14-12-20)29(35)24(41-31)17-18-15-22(32)28(38-3)23(16-18)37-2/h6-17,27H,5H2,1-4H3/b24-17+. The highest BCUT2D eigenvalue weighted by atomic mass is 35.5. The van der Waals surface area contributed by atoms with Gasteiger partial charge >= 0.3 is 5.97 Å². The van der Waals surface area contributed by atoms with Gasteiger partial charge in [-0.15, -0.1) is 11.8 Å². The van der Waals surface area contributed by atoms with Gasteiger partial charge in [-0.1, -0.05) is 65.4 Å². The summed E-state index contributed by atoms with van der Waals surface area (Å²) < 4.78 is 18.3. The summed E-state index contributed by atoms with van der Waals surface area (Å²) in [4.78, 5) is 34.1. The monoisotopic (exact) mass is 606 g/mol. The lowest BCUT2D eigenvalue weighted by Crippen LogP contribution is -2.40. The van der Waals surface area contributed by atoms with Crippen molar-refractivity contribution in [3.63, 3.8) is 0 Å². The Hall–Kier alpha value is -3.79. The van der Waals surface area contributed by atoms with Gasteiger partial charge in [-0.25, -0.2) is 9.79 Å². The fourth-order valence-electron chi connectivity index (χ4n) is 4.71. The van der Waals surface area contributed by atoms with Crippen molar-refractivity contribution in [2.24, 2.45) is 4.99 Å². The Bertz CT molecular complexity index is 1810. The molecule has 2 heterocycles. The number of carbonyl (C=O) groups excluding carboxylic acids is 1. The van der Waals surface area contributed by atoms with Crippen molar-refractivity contribution >= 4 is 52.4 Å². The van der Waals surface area contributed by atoms with Crippen LogP contribution in [0.4, 0.5) is 0 Å². The molecular weight excluding hydrogens is 580 g/mol. The highest BCUT2D eigenvalue weighted by Gasteiger charge is 2.35. The molecule has 0 amide bonds. The Morgan fingerprint density at radius 1 is 1.10 bits per heavy atom. The molecule has 210 valence electrons. The smallest absolute Gasteiger partial charge is 0.338 e. The number of benzene rings is 3. The summed E-state index contributed by atoms with van der Waals surface area (Å²) in [7, 11) is 3.04. The summed E-state index contributed by atoms with van der Waals surface area (Å²) in [6, 6.07) is 20.0. The molecule has 0 radical (unpaired) electrons. The SMILES string of the molecule is CCOC(=O)C1=C(c2ccccc2)N=c2s/c(=C/c3cc(Cl)c(OC)c(OC)c3)c(=O)n2C1c1ccc(SC)cc1. The predicted octanol–water partition coefficient (Wildman–Crippen LogP) is 5.33. The van der Waals surface area contributed by atoms with E-state index in [1.54, 1.807) is 41.5 Å². The summed E-state index contributed by atoms with van der Waals surface area (Å²) >= 11 is 9.29. The molecule has 1 unspecified atom stereocenters. The minimum absolute atomic E-state index is 0.188. The van der Waals surface area contributed by atoms with Gasteiger partial charge in [0, 0.05) is 10.5 Å². The van der Waals surface area contributed by atoms with Crippen LogP contribution in [0.15, 0.2) is 87.0 Å². The van der Waals surface area contributed by atoms with E-state index in [1.807, 2.05) is 60.9 Å². The molecule has 0 fully saturated rings. The zero-order valence-electron chi connectivity index (χ0n) is 22.8. The van der Waals surface area contributed by atoms with Crippen LogP contribution in [0, 0.1) is 0 Å². The van der Waals surface area contributed by atoms with Gasteiger partial charge in [0.2, 0.25) is 0 Å². The molecule has 41 heavy (non-hydrogen) atoms. The Labute approximate surface area is 250 Å². The minimum atomic E-state index is -0.743. The molecule has 1 aromatic heterocycles. The number of fused-ring (bicyclic) bond motifs is 1. The maximum atomic E-state index is 14.1. The molecule has 1 aliphatic heterocycles. The Morgan fingerprint density at radius 2 is 1.83 bits per heavy atom. The van der Waals surface area contributed by atoms with E-state index in [0.717, 1.165) is 16.0 Å². The summed E-state index contributed by atoms with van der Waals surface area (Å²) in [6.45, 7) is 1.94. The fraction of sp³-hybridized carbons (Fsp3) is 0.194. The Morgan fingerprint density at radius 3 is 2.46 bits per heavy atom. The van der Waals surface area contributed by atoms with Crippen LogP contribution in [-0.4, -0.2) is 37.6 Å². The van der Waals surface area contributed by atoms with Gasteiger partial charge in [-0.05, 0) is 54.6 Å². The number of aromatic nitrogens is 1. The van der Waals surface area contributed by atoms with Gasteiger partial charge in [0.05, 0.1) is 47.7 Å². The minimum Gasteiger partial charge on any atom is -0.493 e. The van der Waals surface area contributed by atoms with E-state index in [1.165, 1.54) is 25.6 Å². The maximum Gasteiger partial charge on any atom is 0.338 e. The largest absolute Gasteiger partial charge is 0.493 e. The predicted molar refractivity (Wildman–Crippen MR) is 164 cm³/mol. The normalized spacial score (nSPS) is 14.9. The number of esters is 1. The molecule has 0 saturated heterocycles.